The van der Waals surface area contributed by atoms with Gasteiger partial charge in [0.1, 0.15) is 6.04 Å². The third-order valence-electron chi connectivity index (χ3n) is 3.55. The van der Waals surface area contributed by atoms with Gasteiger partial charge in [0.2, 0.25) is 0 Å². The van der Waals surface area contributed by atoms with Gasteiger partial charge in [-0.2, -0.15) is 0 Å². The lowest BCUT2D eigenvalue weighted by atomic mass is 10.1. The van der Waals surface area contributed by atoms with Gasteiger partial charge in [0.05, 0.1) is 0 Å². The Labute approximate surface area is 113 Å². The van der Waals surface area contributed by atoms with Crippen molar-refractivity contribution in [2.45, 2.75) is 19.4 Å². The predicted octanol–water partition coefficient (Wildman–Crippen LogP) is 1.23. The maximum absolute atomic E-state index is 11.5. The average molecular weight is 263 g/mol. The summed E-state index contributed by atoms with van der Waals surface area (Å²) in [6, 6.07) is 3.06. The standard InChI is InChI=1S/C14H21N3O2/c1-2-6-16-7-9-17(10-8-16)13(14(18)19)12-4-3-5-15-11-12/h3-5,11,13H,2,6-10H2,1H3,(H,18,19). The largest absolute Gasteiger partial charge is 0.480 e. The molecule has 5 nitrogen and oxygen atoms in total. The maximum Gasteiger partial charge on any atom is 0.325 e. The summed E-state index contributed by atoms with van der Waals surface area (Å²) < 4.78 is 0. The van der Waals surface area contributed by atoms with Crippen LogP contribution in [0.1, 0.15) is 24.9 Å². The average Bonchev–Trinajstić information content (AvgIpc) is 2.42. The van der Waals surface area contributed by atoms with E-state index in [1.165, 1.54) is 0 Å². The van der Waals surface area contributed by atoms with Crippen molar-refractivity contribution in [3.8, 4) is 0 Å². The summed E-state index contributed by atoms with van der Waals surface area (Å²) in [6.45, 7) is 6.74. The minimum Gasteiger partial charge on any atom is -0.480 e. The second-order valence-electron chi connectivity index (χ2n) is 4.90. The fourth-order valence-electron chi connectivity index (χ4n) is 2.61. The van der Waals surface area contributed by atoms with Crippen LogP contribution < -0.4 is 0 Å². The van der Waals surface area contributed by atoms with E-state index in [0.717, 1.165) is 44.7 Å². The molecule has 1 fully saturated rings. The molecule has 0 aliphatic carbocycles. The number of pyridine rings is 1. The van der Waals surface area contributed by atoms with E-state index >= 15 is 0 Å². The molecule has 1 aromatic rings. The number of rotatable bonds is 5. The van der Waals surface area contributed by atoms with E-state index in [0.29, 0.717) is 0 Å². The number of carboxylic acid groups (broad SMARTS) is 1. The Hall–Kier alpha value is -1.46. The number of aliphatic carboxylic acids is 1. The molecule has 1 saturated heterocycles. The van der Waals surface area contributed by atoms with Gasteiger partial charge < -0.3 is 10.0 Å². The molecule has 0 radical (unpaired) electrons. The molecule has 1 atom stereocenters. The van der Waals surface area contributed by atoms with Crippen LogP contribution in [-0.2, 0) is 4.79 Å². The van der Waals surface area contributed by atoms with Crippen molar-refractivity contribution in [2.24, 2.45) is 0 Å². The first-order valence-corrected chi connectivity index (χ1v) is 6.81. The van der Waals surface area contributed by atoms with E-state index in [4.69, 9.17) is 0 Å². The summed E-state index contributed by atoms with van der Waals surface area (Å²) in [4.78, 5) is 20.0. The minimum absolute atomic E-state index is 0.572. The molecule has 0 spiro atoms. The van der Waals surface area contributed by atoms with Gasteiger partial charge in [0, 0.05) is 38.6 Å². The number of hydrogen-bond donors (Lipinski definition) is 1. The lowest BCUT2D eigenvalue weighted by Crippen LogP contribution is -2.49. The zero-order chi connectivity index (χ0) is 13.7. The summed E-state index contributed by atoms with van der Waals surface area (Å²) in [6.07, 6.45) is 4.46. The van der Waals surface area contributed by atoms with Gasteiger partial charge in [-0.25, -0.2) is 0 Å². The van der Waals surface area contributed by atoms with Crippen LogP contribution in [0.3, 0.4) is 0 Å². The number of aromatic nitrogens is 1. The van der Waals surface area contributed by atoms with E-state index in [2.05, 4.69) is 16.8 Å². The van der Waals surface area contributed by atoms with Crippen LogP contribution in [0.5, 0.6) is 0 Å². The molecule has 2 rings (SSSR count). The van der Waals surface area contributed by atoms with E-state index in [1.807, 2.05) is 11.0 Å². The minimum atomic E-state index is -0.794. The highest BCUT2D eigenvalue weighted by Gasteiger charge is 2.30. The molecular formula is C14H21N3O2. The predicted molar refractivity (Wildman–Crippen MR) is 72.9 cm³/mol. The molecule has 2 heterocycles. The first kappa shape index (κ1) is 14.0. The van der Waals surface area contributed by atoms with Gasteiger partial charge in [0.15, 0.2) is 0 Å². The van der Waals surface area contributed by atoms with Gasteiger partial charge in [-0.3, -0.25) is 14.7 Å². The van der Waals surface area contributed by atoms with Crippen LogP contribution in [0, 0.1) is 0 Å². The SMILES string of the molecule is CCCN1CCN(C(C(=O)O)c2cccnc2)CC1. The number of carbonyl (C=O) groups is 1. The van der Waals surface area contributed by atoms with Gasteiger partial charge in [-0.15, -0.1) is 0 Å². The Balaban J connectivity index is 2.04. The van der Waals surface area contributed by atoms with Gasteiger partial charge >= 0.3 is 5.97 Å². The second kappa shape index (κ2) is 6.63. The van der Waals surface area contributed by atoms with Crippen LogP contribution in [0.25, 0.3) is 0 Å². The zero-order valence-corrected chi connectivity index (χ0v) is 11.3. The molecule has 0 bridgehead atoms. The Kier molecular flexibility index (Phi) is 4.87. The highest BCUT2D eigenvalue weighted by molar-refractivity contribution is 5.75. The first-order valence-electron chi connectivity index (χ1n) is 6.81. The number of carboxylic acids is 1. The van der Waals surface area contributed by atoms with Gasteiger partial charge in [0.25, 0.3) is 0 Å². The quantitative estimate of drug-likeness (QED) is 0.866. The van der Waals surface area contributed by atoms with E-state index in [9.17, 15) is 9.90 Å². The summed E-state index contributed by atoms with van der Waals surface area (Å²) in [5.41, 5.74) is 0.763. The Morgan fingerprint density at radius 2 is 2.16 bits per heavy atom. The molecule has 104 valence electrons. The lowest BCUT2D eigenvalue weighted by molar-refractivity contribution is -0.144. The maximum atomic E-state index is 11.5. The number of nitrogens with zero attached hydrogens (tertiary/aromatic N) is 3. The Bertz CT molecular complexity index is 402. The van der Waals surface area contributed by atoms with Gasteiger partial charge in [-0.1, -0.05) is 13.0 Å². The van der Waals surface area contributed by atoms with Crippen molar-refractivity contribution in [1.29, 1.82) is 0 Å². The number of hydrogen-bond acceptors (Lipinski definition) is 4. The summed E-state index contributed by atoms with van der Waals surface area (Å²) in [5, 5.41) is 9.47. The third kappa shape index (κ3) is 3.52. The van der Waals surface area contributed by atoms with Crippen molar-refractivity contribution < 1.29 is 9.90 Å². The second-order valence-corrected chi connectivity index (χ2v) is 4.90. The first-order chi connectivity index (χ1) is 9.22. The molecule has 19 heavy (non-hydrogen) atoms. The third-order valence-corrected chi connectivity index (χ3v) is 3.55. The van der Waals surface area contributed by atoms with Crippen LogP contribution in [0.4, 0.5) is 0 Å². The number of piperazine rings is 1. The lowest BCUT2D eigenvalue weighted by Gasteiger charge is -2.37. The molecule has 1 aromatic heterocycles. The van der Waals surface area contributed by atoms with E-state index < -0.39 is 12.0 Å². The molecule has 1 aliphatic heterocycles. The zero-order valence-electron chi connectivity index (χ0n) is 11.3. The molecule has 0 amide bonds. The van der Waals surface area contributed by atoms with Crippen molar-refractivity contribution in [2.75, 3.05) is 32.7 Å². The summed E-state index contributed by atoms with van der Waals surface area (Å²) in [5.74, 6) is -0.794. The molecule has 0 saturated carbocycles. The van der Waals surface area contributed by atoms with Crippen LogP contribution >= 0.6 is 0 Å². The fraction of sp³-hybridized carbons (Fsp3) is 0.571. The highest BCUT2D eigenvalue weighted by Crippen LogP contribution is 2.21. The van der Waals surface area contributed by atoms with Gasteiger partial charge in [-0.05, 0) is 24.6 Å². The fourth-order valence-corrected chi connectivity index (χ4v) is 2.61. The van der Waals surface area contributed by atoms with Crippen LogP contribution in [0.2, 0.25) is 0 Å². The molecule has 1 unspecified atom stereocenters. The molecule has 5 heteroatoms. The normalized spacial score (nSPS) is 19.2. The molecule has 1 N–H and O–H groups in total. The summed E-state index contributed by atoms with van der Waals surface area (Å²) >= 11 is 0. The Morgan fingerprint density at radius 3 is 2.68 bits per heavy atom. The molecule has 0 aromatic carbocycles. The molecule has 1 aliphatic rings. The highest BCUT2D eigenvalue weighted by atomic mass is 16.4. The smallest absolute Gasteiger partial charge is 0.325 e. The molecular weight excluding hydrogens is 242 g/mol. The van der Waals surface area contributed by atoms with Crippen LogP contribution in [-0.4, -0.2) is 58.6 Å². The van der Waals surface area contributed by atoms with Crippen molar-refractivity contribution in [3.05, 3.63) is 30.1 Å². The van der Waals surface area contributed by atoms with E-state index in [-0.39, 0.29) is 0 Å². The summed E-state index contributed by atoms with van der Waals surface area (Å²) in [7, 11) is 0. The van der Waals surface area contributed by atoms with Crippen molar-refractivity contribution >= 4 is 5.97 Å². The van der Waals surface area contributed by atoms with Crippen molar-refractivity contribution in [1.82, 2.24) is 14.8 Å². The monoisotopic (exact) mass is 263 g/mol. The van der Waals surface area contributed by atoms with Crippen LogP contribution in [0.15, 0.2) is 24.5 Å². The van der Waals surface area contributed by atoms with Crippen molar-refractivity contribution in [3.63, 3.8) is 0 Å². The topological polar surface area (TPSA) is 56.7 Å². The Morgan fingerprint density at radius 1 is 1.42 bits per heavy atom. The van der Waals surface area contributed by atoms with E-state index in [1.54, 1.807) is 18.5 Å².